The molecule has 166 valence electrons. The molecule has 3 aliphatic rings. The van der Waals surface area contributed by atoms with Crippen LogP contribution in [-0.4, -0.2) is 33.7 Å². The van der Waals surface area contributed by atoms with Gasteiger partial charge >= 0.3 is 0 Å². The van der Waals surface area contributed by atoms with Gasteiger partial charge < -0.3 is 9.59 Å². The molecule has 3 nitrogen and oxygen atoms in total. The summed E-state index contributed by atoms with van der Waals surface area (Å²) >= 11 is 0. The first-order valence-electron chi connectivity index (χ1n) is 12.2. The minimum atomic E-state index is -0.513. The number of rotatable bonds is 5. The average Bonchev–Trinajstić information content (AvgIpc) is 2.88. The molecule has 0 amide bonds. The van der Waals surface area contributed by atoms with E-state index in [0.29, 0.717) is 11.8 Å². The molecule has 2 bridgehead atoms. The third-order valence-electron chi connectivity index (χ3n) is 8.41. The highest BCUT2D eigenvalue weighted by molar-refractivity contribution is 5.85. The number of quaternary nitrogens is 1. The molecule has 3 fully saturated rings. The van der Waals surface area contributed by atoms with Crippen molar-refractivity contribution < 1.29 is 9.59 Å². The predicted octanol–water partition coefficient (Wildman–Crippen LogP) is 6.03. The van der Waals surface area contributed by atoms with E-state index in [-0.39, 0.29) is 6.04 Å². The van der Waals surface area contributed by atoms with Gasteiger partial charge in [0.2, 0.25) is 0 Å². The van der Waals surface area contributed by atoms with Crippen LogP contribution >= 0.6 is 0 Å². The van der Waals surface area contributed by atoms with Crippen LogP contribution in [-0.2, 0) is 6.54 Å². The van der Waals surface area contributed by atoms with Crippen LogP contribution in [0.3, 0.4) is 0 Å². The smallest absolute Gasteiger partial charge is 0.131 e. The predicted molar refractivity (Wildman–Crippen MR) is 135 cm³/mol. The van der Waals surface area contributed by atoms with Crippen LogP contribution in [0.4, 0.5) is 0 Å². The lowest BCUT2D eigenvalue weighted by molar-refractivity contribution is -0.984. The second kappa shape index (κ2) is 8.09. The van der Waals surface area contributed by atoms with Crippen molar-refractivity contribution in [2.75, 3.05) is 13.1 Å². The van der Waals surface area contributed by atoms with Crippen molar-refractivity contribution in [3.05, 3.63) is 103 Å². The van der Waals surface area contributed by atoms with E-state index in [1.54, 1.807) is 0 Å². The van der Waals surface area contributed by atoms with Crippen LogP contribution < -0.4 is 0 Å². The highest BCUT2D eigenvalue weighted by Crippen LogP contribution is 2.48. The topological polar surface area (TPSA) is 33.1 Å². The summed E-state index contributed by atoms with van der Waals surface area (Å²) in [6.45, 7) is 7.30. The maximum absolute atomic E-state index is 11.9. The summed E-state index contributed by atoms with van der Waals surface area (Å²) in [6, 6.07) is 25.7. The van der Waals surface area contributed by atoms with Crippen LogP contribution in [0.5, 0.6) is 0 Å². The fraction of sp³-hybridized carbons (Fsp3) is 0.300. The summed E-state index contributed by atoms with van der Waals surface area (Å²) in [5.41, 5.74) is 3.35. The SMILES string of the molecule is C=C[C@H]1C[N@+]2(Cc3cccc4ccccc34)CC[C@H]1C[C@@H]2[C@H](O)c1ccnc2ccccc12. The quantitative estimate of drug-likeness (QED) is 0.307. The summed E-state index contributed by atoms with van der Waals surface area (Å²) in [5.74, 6) is 1.13. The summed E-state index contributed by atoms with van der Waals surface area (Å²) in [7, 11) is 0. The molecule has 0 saturated carbocycles. The Morgan fingerprint density at radius 2 is 1.79 bits per heavy atom. The van der Waals surface area contributed by atoms with Crippen LogP contribution in [0.15, 0.2) is 91.6 Å². The minimum absolute atomic E-state index is 0.171. The Labute approximate surface area is 195 Å². The Kier molecular flexibility index (Phi) is 5.05. The molecule has 4 aromatic rings. The number of hydrogen-bond donors (Lipinski definition) is 1. The first kappa shape index (κ1) is 20.6. The molecule has 3 saturated heterocycles. The minimum Gasteiger partial charge on any atom is -0.382 e. The highest BCUT2D eigenvalue weighted by Gasteiger charge is 2.54. The zero-order valence-electron chi connectivity index (χ0n) is 19.0. The Morgan fingerprint density at radius 3 is 2.67 bits per heavy atom. The van der Waals surface area contributed by atoms with Gasteiger partial charge in [-0.1, -0.05) is 66.7 Å². The summed E-state index contributed by atoms with van der Waals surface area (Å²) in [4.78, 5) is 4.53. The van der Waals surface area contributed by atoms with E-state index in [0.717, 1.165) is 47.0 Å². The molecule has 1 N–H and O–H groups in total. The van der Waals surface area contributed by atoms with E-state index in [2.05, 4.69) is 66.2 Å². The molecule has 0 unspecified atom stereocenters. The largest absolute Gasteiger partial charge is 0.382 e. The van der Waals surface area contributed by atoms with E-state index in [9.17, 15) is 5.11 Å². The number of aromatic nitrogens is 1. The average molecular weight is 436 g/mol. The molecule has 0 aliphatic carbocycles. The summed E-state index contributed by atoms with van der Waals surface area (Å²) in [6.07, 6.45) is 5.76. The number of hydrogen-bond acceptors (Lipinski definition) is 2. The molecule has 1 aromatic heterocycles. The van der Waals surface area contributed by atoms with Gasteiger partial charge in [0.25, 0.3) is 0 Å². The summed E-state index contributed by atoms with van der Waals surface area (Å²) in [5, 5.41) is 15.6. The van der Waals surface area contributed by atoms with Gasteiger partial charge in [-0.05, 0) is 34.4 Å². The lowest BCUT2D eigenvalue weighted by Gasteiger charge is -2.58. The number of aliphatic hydroxyl groups excluding tert-OH is 1. The highest BCUT2D eigenvalue weighted by atomic mass is 16.3. The van der Waals surface area contributed by atoms with Crippen LogP contribution in [0.25, 0.3) is 21.7 Å². The van der Waals surface area contributed by atoms with Crippen LogP contribution in [0, 0.1) is 11.8 Å². The molecule has 3 aliphatic heterocycles. The fourth-order valence-electron chi connectivity index (χ4n) is 6.73. The van der Waals surface area contributed by atoms with Gasteiger partial charge in [0, 0.05) is 35.9 Å². The fourth-order valence-corrected chi connectivity index (χ4v) is 6.73. The number of aliphatic hydroxyl groups is 1. The van der Waals surface area contributed by atoms with E-state index in [1.807, 2.05) is 30.5 Å². The number of nitrogens with zero attached hydrogens (tertiary/aromatic N) is 2. The molecular formula is C30H31N2O+. The molecule has 7 rings (SSSR count). The molecular weight excluding hydrogens is 404 g/mol. The van der Waals surface area contributed by atoms with Crippen molar-refractivity contribution in [2.24, 2.45) is 11.8 Å². The molecule has 0 radical (unpaired) electrons. The first-order valence-corrected chi connectivity index (χ1v) is 12.2. The molecule has 3 aromatic carbocycles. The lowest BCUT2D eigenvalue weighted by atomic mass is 9.71. The van der Waals surface area contributed by atoms with Crippen molar-refractivity contribution in [3.8, 4) is 0 Å². The van der Waals surface area contributed by atoms with Crippen molar-refractivity contribution in [3.63, 3.8) is 0 Å². The Morgan fingerprint density at radius 1 is 1.00 bits per heavy atom. The van der Waals surface area contributed by atoms with Gasteiger partial charge in [0.05, 0.1) is 18.6 Å². The lowest BCUT2D eigenvalue weighted by Crippen LogP contribution is -2.67. The van der Waals surface area contributed by atoms with Crippen LogP contribution in [0.2, 0.25) is 0 Å². The van der Waals surface area contributed by atoms with Crippen LogP contribution in [0.1, 0.15) is 30.1 Å². The zero-order valence-corrected chi connectivity index (χ0v) is 19.0. The molecule has 5 atom stereocenters. The Bertz CT molecular complexity index is 1320. The maximum Gasteiger partial charge on any atom is 0.131 e. The third kappa shape index (κ3) is 3.38. The zero-order chi connectivity index (χ0) is 22.4. The standard InChI is InChI=1S/C30H31N2O/c1-2-21-19-32(20-24-10-7-9-22-8-3-4-11-25(22)24)17-15-23(21)18-29(32)30(33)27-14-16-31-28-13-6-5-12-26(27)28/h2-14,16,21,23,29-30,33H,1,15,17-20H2/q+1/t21-,23-,29+,30+,32-/m0/s1. The maximum atomic E-state index is 11.9. The second-order valence-electron chi connectivity index (χ2n) is 10.0. The van der Waals surface area contributed by atoms with E-state index < -0.39 is 6.10 Å². The molecule has 33 heavy (non-hydrogen) atoms. The van der Waals surface area contributed by atoms with Crippen molar-refractivity contribution in [1.29, 1.82) is 0 Å². The normalized spacial score (nSPS) is 27.6. The first-order chi connectivity index (χ1) is 16.2. The molecule has 3 heteroatoms. The Hall–Kier alpha value is -3.01. The number of para-hydroxylation sites is 1. The van der Waals surface area contributed by atoms with Gasteiger partial charge in [0.1, 0.15) is 18.7 Å². The van der Waals surface area contributed by atoms with E-state index >= 15 is 0 Å². The van der Waals surface area contributed by atoms with Gasteiger partial charge in [0.15, 0.2) is 0 Å². The van der Waals surface area contributed by atoms with Gasteiger partial charge in [-0.15, -0.1) is 6.58 Å². The van der Waals surface area contributed by atoms with E-state index in [4.69, 9.17) is 0 Å². The number of benzene rings is 3. The van der Waals surface area contributed by atoms with Gasteiger partial charge in [-0.2, -0.15) is 0 Å². The second-order valence-corrected chi connectivity index (χ2v) is 10.0. The van der Waals surface area contributed by atoms with Crippen molar-refractivity contribution >= 4 is 21.7 Å². The van der Waals surface area contributed by atoms with Crippen molar-refractivity contribution in [2.45, 2.75) is 31.5 Å². The van der Waals surface area contributed by atoms with E-state index in [1.165, 1.54) is 22.8 Å². The Balaban J connectivity index is 1.44. The number of pyridine rings is 1. The third-order valence-corrected chi connectivity index (χ3v) is 8.41. The number of piperidine rings is 3. The van der Waals surface area contributed by atoms with Crippen molar-refractivity contribution in [1.82, 2.24) is 4.98 Å². The molecule has 0 spiro atoms. The summed E-state index contributed by atoms with van der Waals surface area (Å²) < 4.78 is 0.930. The number of fused-ring (bicyclic) bond motifs is 5. The monoisotopic (exact) mass is 435 g/mol. The molecule has 4 heterocycles. The van der Waals surface area contributed by atoms with Gasteiger partial charge in [-0.3, -0.25) is 4.98 Å². The van der Waals surface area contributed by atoms with Gasteiger partial charge in [-0.25, -0.2) is 0 Å².